The van der Waals surface area contributed by atoms with E-state index >= 15 is 0 Å². The molecule has 2 aromatic heterocycles. The first-order valence-corrected chi connectivity index (χ1v) is 19.1. The van der Waals surface area contributed by atoms with Crippen LogP contribution in [0.25, 0.3) is 27.3 Å². The zero-order valence-corrected chi connectivity index (χ0v) is 26.9. The number of hydrogen-bond acceptors (Lipinski definition) is 10. The molecule has 0 saturated carbocycles. The van der Waals surface area contributed by atoms with Crippen LogP contribution in [0.4, 0.5) is 0 Å². The summed E-state index contributed by atoms with van der Waals surface area (Å²) in [6.45, 7) is 0. The van der Waals surface area contributed by atoms with Gasteiger partial charge in [0.15, 0.2) is 0 Å². The highest BCUT2D eigenvalue weighted by Crippen LogP contribution is 2.39. The van der Waals surface area contributed by atoms with Crippen LogP contribution in [-0.2, 0) is 0 Å². The van der Waals surface area contributed by atoms with Gasteiger partial charge in [0.25, 0.3) is 0 Å². The fourth-order valence-corrected chi connectivity index (χ4v) is 13.5. The van der Waals surface area contributed by atoms with Crippen molar-refractivity contribution in [3.8, 4) is 0 Å². The van der Waals surface area contributed by atoms with E-state index in [0.717, 1.165) is 36.9 Å². The molecular weight excluding hydrogens is 657 g/mol. The highest BCUT2D eigenvalue weighted by molar-refractivity contribution is 8.35. The molecule has 0 radical (unpaired) electrons. The number of fused-ring (bicyclic) bond motifs is 4. The predicted molar refractivity (Wildman–Crippen MR) is 178 cm³/mol. The zero-order valence-electron chi connectivity index (χ0n) is 18.7. The lowest BCUT2D eigenvalue weighted by Crippen LogP contribution is -1.85. The van der Waals surface area contributed by atoms with Crippen molar-refractivity contribution in [3.63, 3.8) is 0 Å². The van der Waals surface area contributed by atoms with E-state index in [-0.39, 0.29) is 0 Å². The Balaban J connectivity index is 1.49. The third-order valence-electron chi connectivity index (χ3n) is 4.75. The van der Waals surface area contributed by atoms with Crippen LogP contribution in [0.5, 0.6) is 0 Å². The van der Waals surface area contributed by atoms with Crippen molar-refractivity contribution in [3.05, 3.63) is 120 Å². The van der Waals surface area contributed by atoms with Crippen LogP contribution in [-0.4, -0.2) is 0 Å². The van der Waals surface area contributed by atoms with Crippen molar-refractivity contribution < 1.29 is 0 Å². The van der Waals surface area contributed by atoms with E-state index in [1.54, 1.807) is 115 Å². The van der Waals surface area contributed by atoms with Gasteiger partial charge in [0.05, 0.1) is 27.3 Å². The molecule has 10 heteroatoms. The van der Waals surface area contributed by atoms with E-state index in [0.29, 0.717) is 0 Å². The molecule has 0 amide bonds. The Morgan fingerprint density at radius 1 is 0.342 bits per heavy atom. The lowest BCUT2D eigenvalue weighted by Gasteiger charge is -1.86. The van der Waals surface area contributed by atoms with Crippen LogP contribution in [0.2, 0.25) is 0 Å². The molecule has 4 bridgehead atoms. The molecule has 0 atom stereocenters. The molecule has 0 N–H and O–H groups in total. The smallest absolute Gasteiger partial charge is 0.104 e. The average molecular weight is 665 g/mol. The standard InChI is InChI=1S/C28H8S10/c1-2-18-6-10-22-24(38-28(36-22)26-31-15-16-32-26)12-8-20-4-3-19(34-20)7-11-23-21(9-5-17(1)33-18)35-27(37-23)25-29-13-14-30-25/h1-4,13-16H. The summed E-state index contributed by atoms with van der Waals surface area (Å²) >= 11 is 17.2. The minimum atomic E-state index is 1.01. The van der Waals surface area contributed by atoms with E-state index in [1.165, 1.54) is 16.2 Å². The molecule has 7 rings (SSSR count). The average Bonchev–Trinajstić information content (AvgIpc) is 3.76. The van der Waals surface area contributed by atoms with Gasteiger partial charge in [-0.05, 0) is 94.4 Å². The summed E-state index contributed by atoms with van der Waals surface area (Å²) in [6.07, 6.45) is 0. The van der Waals surface area contributed by atoms with Crippen molar-refractivity contribution in [2.24, 2.45) is 0 Å². The van der Waals surface area contributed by atoms with E-state index in [4.69, 9.17) is 0 Å². The molecule has 7 heterocycles. The maximum Gasteiger partial charge on any atom is 0.104 e. The van der Waals surface area contributed by atoms with Crippen LogP contribution < -0.4 is 7.69 Å². The Morgan fingerprint density at radius 3 is 0.921 bits per heavy atom. The lowest BCUT2D eigenvalue weighted by atomic mass is 10.5. The van der Waals surface area contributed by atoms with Crippen LogP contribution >= 0.6 is 115 Å². The zero-order chi connectivity index (χ0) is 25.3. The summed E-state index contributed by atoms with van der Waals surface area (Å²) in [4.78, 5) is 0. The van der Waals surface area contributed by atoms with Gasteiger partial charge in [0, 0.05) is 0 Å². The van der Waals surface area contributed by atoms with Crippen molar-refractivity contribution in [2.45, 2.75) is 0 Å². The van der Waals surface area contributed by atoms with Crippen molar-refractivity contribution in [1.29, 1.82) is 0 Å². The summed E-state index contributed by atoms with van der Waals surface area (Å²) in [5.74, 6) is 0. The molecule has 5 aliphatic heterocycles. The quantitative estimate of drug-likeness (QED) is 0.162. The summed E-state index contributed by atoms with van der Waals surface area (Å²) < 4.78 is 13.2. The monoisotopic (exact) mass is 664 g/mol. The fourth-order valence-electron chi connectivity index (χ4n) is 3.12. The first-order valence-electron chi connectivity index (χ1n) is 10.7. The van der Waals surface area contributed by atoms with Gasteiger partial charge in [-0.2, -0.15) is 0 Å². The Morgan fingerprint density at radius 2 is 0.632 bits per heavy atom. The van der Waals surface area contributed by atoms with Crippen molar-refractivity contribution in [2.75, 3.05) is 0 Å². The van der Waals surface area contributed by atoms with Gasteiger partial charge in [-0.1, -0.05) is 47.0 Å². The summed E-state index contributed by atoms with van der Waals surface area (Å²) in [7, 11) is 0. The normalized spacial score (nSPS) is 13.8. The van der Waals surface area contributed by atoms with Crippen molar-refractivity contribution >= 4 is 142 Å². The van der Waals surface area contributed by atoms with Gasteiger partial charge in [-0.15, -0.1) is 68.0 Å². The number of rotatable bonds is 0. The Kier molecular flexibility index (Phi) is 7.64. The maximum absolute atomic E-state index is 3.41. The minimum absolute atomic E-state index is 1.01. The van der Waals surface area contributed by atoms with E-state index in [9.17, 15) is 0 Å². The van der Waals surface area contributed by atoms with E-state index in [1.807, 2.05) is 0 Å². The van der Waals surface area contributed by atoms with Gasteiger partial charge < -0.3 is 0 Å². The molecule has 180 valence electrons. The predicted octanol–water partition coefficient (Wildman–Crippen LogP) is 9.62. The maximum atomic E-state index is 3.41. The largest absolute Gasteiger partial charge is 0.118 e. The molecule has 38 heavy (non-hydrogen) atoms. The Hall–Kier alpha value is -1.64. The summed E-state index contributed by atoms with van der Waals surface area (Å²) in [5.41, 5.74) is 0. The second-order valence-electron chi connectivity index (χ2n) is 7.22. The van der Waals surface area contributed by atoms with Gasteiger partial charge in [0.1, 0.15) is 25.8 Å². The molecule has 0 fully saturated rings. The van der Waals surface area contributed by atoms with Crippen molar-refractivity contribution in [1.82, 2.24) is 0 Å². The van der Waals surface area contributed by atoms with Crippen LogP contribution in [0, 0.1) is 66.7 Å². The van der Waals surface area contributed by atoms with Gasteiger partial charge >= 0.3 is 0 Å². The molecule has 0 spiro atoms. The Labute approximate surface area is 259 Å². The summed E-state index contributed by atoms with van der Waals surface area (Å²) in [5, 5.41) is 8.51. The van der Waals surface area contributed by atoms with Crippen LogP contribution in [0.15, 0.2) is 45.9 Å². The minimum Gasteiger partial charge on any atom is -0.118 e. The number of hydrogen-bond donors (Lipinski definition) is 0. The SMILES string of the molecule is c1c2sc(=C3SC=CS3)sc=2c#cc2ccc(c#cc3sc(=C4SC=CS4)sc=3c#cc3ccc(c#1)s3)s2. The number of thioether (sulfide) groups is 4. The third-order valence-corrected chi connectivity index (χ3v) is 16.7. The third kappa shape index (κ3) is 5.64. The molecule has 0 saturated heterocycles. The second kappa shape index (κ2) is 11.5. The Bertz CT molecular complexity index is 1860. The lowest BCUT2D eigenvalue weighted by molar-refractivity contribution is 1.80. The molecule has 0 aliphatic carbocycles. The van der Waals surface area contributed by atoms with Crippen LogP contribution in [0.3, 0.4) is 0 Å². The van der Waals surface area contributed by atoms with E-state index in [2.05, 4.69) is 94.4 Å². The summed E-state index contributed by atoms with van der Waals surface area (Å²) in [6, 6.07) is 35.4. The fraction of sp³-hybridized carbons (Fsp3) is 0. The van der Waals surface area contributed by atoms with Gasteiger partial charge in [0.2, 0.25) is 0 Å². The molecule has 0 aromatic carbocycles. The highest BCUT2D eigenvalue weighted by Gasteiger charge is 2.06. The van der Waals surface area contributed by atoms with Gasteiger partial charge in [-0.25, -0.2) is 0 Å². The first kappa shape index (κ1) is 25.3. The highest BCUT2D eigenvalue weighted by atomic mass is 32.2. The molecular formula is C28H8S10. The van der Waals surface area contributed by atoms with Crippen LogP contribution in [0.1, 0.15) is 0 Å². The molecule has 0 nitrogen and oxygen atoms in total. The molecule has 0 unspecified atom stereocenters. The molecule has 2 aromatic rings. The number of thiophene rings is 2. The topological polar surface area (TPSA) is 0 Å². The second-order valence-corrected chi connectivity index (χ2v) is 18.2. The first-order chi connectivity index (χ1) is 18.8. The van der Waals surface area contributed by atoms with E-state index < -0.39 is 0 Å². The van der Waals surface area contributed by atoms with Gasteiger partial charge in [-0.3, -0.25) is 0 Å². The molecule has 5 aliphatic rings.